The zero-order valence-corrected chi connectivity index (χ0v) is 12.8. The van der Waals surface area contributed by atoms with E-state index in [1.54, 1.807) is 6.92 Å². The van der Waals surface area contributed by atoms with Crippen LogP contribution in [0.15, 0.2) is 24.3 Å². The summed E-state index contributed by atoms with van der Waals surface area (Å²) >= 11 is 0. The van der Waals surface area contributed by atoms with E-state index in [2.05, 4.69) is 10.1 Å². The number of alkyl halides is 3. The van der Waals surface area contributed by atoms with Gasteiger partial charge in [-0.05, 0) is 18.6 Å². The molecule has 128 valence electrons. The van der Waals surface area contributed by atoms with Gasteiger partial charge in [0.1, 0.15) is 12.6 Å². The lowest BCUT2D eigenvalue weighted by molar-refractivity contribution is -0.145. The Morgan fingerprint density at radius 1 is 1.30 bits per heavy atom. The molecular weight excluding hydrogens is 315 g/mol. The number of hydrogen-bond acceptors (Lipinski definition) is 4. The first kappa shape index (κ1) is 19.0. The maximum Gasteiger partial charge on any atom is 0.416 e. The second-order valence-corrected chi connectivity index (χ2v) is 4.68. The van der Waals surface area contributed by atoms with E-state index in [0.29, 0.717) is 6.61 Å². The fraction of sp³-hybridized carbons (Fsp3) is 0.467. The molecule has 1 rings (SSSR count). The number of nitrogens with one attached hydrogen (secondary N) is 1. The maximum absolute atomic E-state index is 12.7. The Kier molecular flexibility index (Phi) is 7.02. The molecule has 1 aromatic carbocycles. The van der Waals surface area contributed by atoms with E-state index in [1.807, 2.05) is 0 Å². The van der Waals surface area contributed by atoms with E-state index >= 15 is 0 Å². The van der Waals surface area contributed by atoms with Crippen LogP contribution in [0.25, 0.3) is 0 Å². The van der Waals surface area contributed by atoms with Gasteiger partial charge in [0.25, 0.3) is 0 Å². The molecule has 0 spiro atoms. The summed E-state index contributed by atoms with van der Waals surface area (Å²) in [6, 6.07) is 3.47. The SMILES string of the molecule is CCOCC(=O)N[C@H](Cc1cccc(C(F)(F)F)c1)C(=O)OC. The van der Waals surface area contributed by atoms with Crippen LogP contribution < -0.4 is 5.32 Å². The molecule has 1 amide bonds. The number of amides is 1. The molecule has 0 aromatic heterocycles. The molecule has 0 aliphatic carbocycles. The Morgan fingerprint density at radius 3 is 2.57 bits per heavy atom. The number of ether oxygens (including phenoxy) is 2. The van der Waals surface area contributed by atoms with Gasteiger partial charge in [-0.1, -0.05) is 18.2 Å². The summed E-state index contributed by atoms with van der Waals surface area (Å²) in [6.45, 7) is 1.78. The summed E-state index contributed by atoms with van der Waals surface area (Å²) in [5, 5.41) is 2.39. The minimum atomic E-state index is -4.48. The molecule has 0 aliphatic heterocycles. The van der Waals surface area contributed by atoms with Crippen molar-refractivity contribution in [2.24, 2.45) is 0 Å². The molecule has 0 saturated carbocycles. The number of methoxy groups -OCH3 is 1. The van der Waals surface area contributed by atoms with Crippen LogP contribution in [0.2, 0.25) is 0 Å². The monoisotopic (exact) mass is 333 g/mol. The van der Waals surface area contributed by atoms with Crippen molar-refractivity contribution in [1.82, 2.24) is 5.32 Å². The lowest BCUT2D eigenvalue weighted by Gasteiger charge is -2.17. The van der Waals surface area contributed by atoms with Gasteiger partial charge in [0.2, 0.25) is 5.91 Å². The van der Waals surface area contributed by atoms with Crippen molar-refractivity contribution in [1.29, 1.82) is 0 Å². The minimum Gasteiger partial charge on any atom is -0.467 e. The second-order valence-electron chi connectivity index (χ2n) is 4.68. The summed E-state index contributed by atoms with van der Waals surface area (Å²) in [5.74, 6) is -1.29. The molecule has 0 saturated heterocycles. The quantitative estimate of drug-likeness (QED) is 0.775. The molecule has 23 heavy (non-hydrogen) atoms. The van der Waals surface area contributed by atoms with Gasteiger partial charge in [-0.15, -0.1) is 0 Å². The van der Waals surface area contributed by atoms with Gasteiger partial charge in [0.15, 0.2) is 0 Å². The number of benzene rings is 1. The predicted octanol–water partition coefficient (Wildman–Crippen LogP) is 1.94. The van der Waals surface area contributed by atoms with Gasteiger partial charge < -0.3 is 14.8 Å². The lowest BCUT2D eigenvalue weighted by Crippen LogP contribution is -2.44. The van der Waals surface area contributed by atoms with Crippen molar-refractivity contribution in [3.63, 3.8) is 0 Å². The van der Waals surface area contributed by atoms with Crippen LogP contribution in [0.3, 0.4) is 0 Å². The first-order valence-electron chi connectivity index (χ1n) is 6.89. The number of esters is 1. The average Bonchev–Trinajstić information content (AvgIpc) is 2.51. The molecule has 0 fully saturated rings. The highest BCUT2D eigenvalue weighted by Crippen LogP contribution is 2.29. The third-order valence-electron chi connectivity index (χ3n) is 2.95. The first-order valence-corrected chi connectivity index (χ1v) is 6.89. The van der Waals surface area contributed by atoms with Crippen molar-refractivity contribution in [3.8, 4) is 0 Å². The van der Waals surface area contributed by atoms with Gasteiger partial charge >= 0.3 is 12.1 Å². The summed E-state index contributed by atoms with van der Waals surface area (Å²) in [7, 11) is 1.14. The van der Waals surface area contributed by atoms with Crippen LogP contribution in [0.4, 0.5) is 13.2 Å². The molecular formula is C15H18F3NO4. The highest BCUT2D eigenvalue weighted by molar-refractivity contribution is 5.85. The zero-order chi connectivity index (χ0) is 17.5. The highest BCUT2D eigenvalue weighted by Gasteiger charge is 2.31. The molecule has 0 unspecified atom stereocenters. The van der Waals surface area contributed by atoms with Crippen molar-refractivity contribution < 1.29 is 32.2 Å². The van der Waals surface area contributed by atoms with Crippen molar-refractivity contribution in [3.05, 3.63) is 35.4 Å². The zero-order valence-electron chi connectivity index (χ0n) is 12.8. The highest BCUT2D eigenvalue weighted by atomic mass is 19.4. The van der Waals surface area contributed by atoms with Crippen LogP contribution in [0.1, 0.15) is 18.1 Å². The Morgan fingerprint density at radius 2 is 2.00 bits per heavy atom. The Labute approximate surface area is 131 Å². The third kappa shape index (κ3) is 6.27. The van der Waals surface area contributed by atoms with Crippen LogP contribution in [0.5, 0.6) is 0 Å². The normalized spacial score (nSPS) is 12.6. The smallest absolute Gasteiger partial charge is 0.416 e. The molecule has 1 N–H and O–H groups in total. The van der Waals surface area contributed by atoms with E-state index in [1.165, 1.54) is 12.1 Å². The number of halogens is 3. The standard InChI is InChI=1S/C15H18F3NO4/c1-3-23-9-13(20)19-12(14(21)22-2)8-10-5-4-6-11(7-10)15(16,17)18/h4-7,12H,3,8-9H2,1-2H3,(H,19,20)/t12-/m1/s1. The van der Waals surface area contributed by atoms with E-state index in [9.17, 15) is 22.8 Å². The van der Waals surface area contributed by atoms with E-state index < -0.39 is 29.7 Å². The number of rotatable bonds is 7. The summed E-state index contributed by atoms with van der Waals surface area (Å²) in [6.07, 6.45) is -4.59. The van der Waals surface area contributed by atoms with Gasteiger partial charge in [-0.2, -0.15) is 13.2 Å². The van der Waals surface area contributed by atoms with Crippen LogP contribution in [-0.2, 0) is 31.7 Å². The fourth-order valence-corrected chi connectivity index (χ4v) is 1.88. The number of carbonyl (C=O) groups excluding carboxylic acids is 2. The third-order valence-corrected chi connectivity index (χ3v) is 2.95. The molecule has 5 nitrogen and oxygen atoms in total. The van der Waals surface area contributed by atoms with Gasteiger partial charge in [0, 0.05) is 13.0 Å². The molecule has 0 radical (unpaired) electrons. The van der Waals surface area contributed by atoms with Gasteiger partial charge in [-0.25, -0.2) is 4.79 Å². The number of hydrogen-bond donors (Lipinski definition) is 1. The molecule has 1 aromatic rings. The largest absolute Gasteiger partial charge is 0.467 e. The van der Waals surface area contributed by atoms with Gasteiger partial charge in [-0.3, -0.25) is 4.79 Å². The van der Waals surface area contributed by atoms with Crippen LogP contribution in [-0.4, -0.2) is 38.2 Å². The molecule has 8 heteroatoms. The van der Waals surface area contributed by atoms with E-state index in [0.717, 1.165) is 19.2 Å². The van der Waals surface area contributed by atoms with Crippen LogP contribution in [0, 0.1) is 0 Å². The average molecular weight is 333 g/mol. The molecule has 0 bridgehead atoms. The topological polar surface area (TPSA) is 64.6 Å². The van der Waals surface area contributed by atoms with E-state index in [-0.39, 0.29) is 18.6 Å². The Bertz CT molecular complexity index is 546. The minimum absolute atomic E-state index is 0.117. The van der Waals surface area contributed by atoms with Crippen molar-refractivity contribution in [2.45, 2.75) is 25.6 Å². The number of carbonyl (C=O) groups is 2. The van der Waals surface area contributed by atoms with Crippen LogP contribution >= 0.6 is 0 Å². The van der Waals surface area contributed by atoms with Gasteiger partial charge in [0.05, 0.1) is 12.7 Å². The predicted molar refractivity (Wildman–Crippen MR) is 75.6 cm³/mol. The van der Waals surface area contributed by atoms with Crippen molar-refractivity contribution >= 4 is 11.9 Å². The summed E-state index contributed by atoms with van der Waals surface area (Å²) < 4.78 is 47.6. The van der Waals surface area contributed by atoms with E-state index in [4.69, 9.17) is 4.74 Å². The molecule has 0 heterocycles. The maximum atomic E-state index is 12.7. The second kappa shape index (κ2) is 8.52. The molecule has 1 atom stereocenters. The Hall–Kier alpha value is -2.09. The molecule has 0 aliphatic rings. The van der Waals surface area contributed by atoms with Crippen molar-refractivity contribution in [2.75, 3.05) is 20.3 Å². The summed E-state index contributed by atoms with van der Waals surface area (Å²) in [5.41, 5.74) is -0.564. The lowest BCUT2D eigenvalue weighted by atomic mass is 10.0. The Balaban J connectivity index is 2.85. The first-order chi connectivity index (χ1) is 10.8. The fourth-order valence-electron chi connectivity index (χ4n) is 1.88. The summed E-state index contributed by atoms with van der Waals surface area (Å²) in [4.78, 5) is 23.3.